The molecular weight excluding hydrogens is 441 g/mol. The van der Waals surface area contributed by atoms with Gasteiger partial charge in [0.25, 0.3) is 11.8 Å². The Morgan fingerprint density at radius 1 is 1.15 bits per heavy atom. The molecule has 0 aliphatic carbocycles. The van der Waals surface area contributed by atoms with Gasteiger partial charge in [0.2, 0.25) is 0 Å². The summed E-state index contributed by atoms with van der Waals surface area (Å²) < 4.78 is 24.3. The Kier molecular flexibility index (Phi) is 7.17. The molecule has 0 atom stereocenters. The lowest BCUT2D eigenvalue weighted by Gasteiger charge is -2.26. The number of amides is 3. The Bertz CT molecular complexity index is 1160. The van der Waals surface area contributed by atoms with E-state index in [1.807, 2.05) is 0 Å². The van der Waals surface area contributed by atoms with Gasteiger partial charge in [-0.3, -0.25) is 4.79 Å². The summed E-state index contributed by atoms with van der Waals surface area (Å²) in [5.74, 6) is 0.376. The molecule has 4 rings (SSSR count). The number of morpholine rings is 1. The van der Waals surface area contributed by atoms with Crippen LogP contribution in [0, 0.1) is 12.7 Å². The zero-order valence-electron chi connectivity index (χ0n) is 19.1. The molecule has 2 heterocycles. The molecule has 34 heavy (non-hydrogen) atoms. The molecule has 0 radical (unpaired) electrons. The zero-order valence-corrected chi connectivity index (χ0v) is 19.1. The van der Waals surface area contributed by atoms with Crippen molar-refractivity contribution in [2.24, 2.45) is 0 Å². The van der Waals surface area contributed by atoms with E-state index in [-0.39, 0.29) is 17.8 Å². The molecule has 1 aromatic heterocycles. The second-order valence-electron chi connectivity index (χ2n) is 8.06. The summed E-state index contributed by atoms with van der Waals surface area (Å²) in [4.78, 5) is 32.5. The van der Waals surface area contributed by atoms with Crippen molar-refractivity contribution in [1.29, 1.82) is 0 Å². The monoisotopic (exact) mass is 467 g/mol. The highest BCUT2D eigenvalue weighted by molar-refractivity contribution is 5.94. The van der Waals surface area contributed by atoms with E-state index in [1.165, 1.54) is 11.0 Å². The number of likely N-dealkylation sites (N-methyl/N-ethyl adjacent to an activating group) is 1. The minimum absolute atomic E-state index is 0.0317. The van der Waals surface area contributed by atoms with Crippen molar-refractivity contribution in [2.45, 2.75) is 13.3 Å². The standard InChI is InChI=1S/C24H26FN5O4/c1-16-3-8-19(15-20(16)25)26-24(32)29(2)10-9-21-27-22(34-28-21)17-4-6-18(7-5-17)23(31)30-11-13-33-14-12-30/h3-8,15H,9-14H2,1-2H3,(H,26,32). The number of aromatic nitrogens is 2. The quantitative estimate of drug-likeness (QED) is 0.597. The van der Waals surface area contributed by atoms with Crippen molar-refractivity contribution in [3.63, 3.8) is 0 Å². The summed E-state index contributed by atoms with van der Waals surface area (Å²) in [5, 5.41) is 6.64. The van der Waals surface area contributed by atoms with Crippen LogP contribution in [0.3, 0.4) is 0 Å². The smallest absolute Gasteiger partial charge is 0.321 e. The van der Waals surface area contributed by atoms with E-state index in [1.54, 1.807) is 55.3 Å². The molecule has 9 nitrogen and oxygen atoms in total. The number of halogens is 1. The first-order valence-electron chi connectivity index (χ1n) is 11.0. The first kappa shape index (κ1) is 23.4. The van der Waals surface area contributed by atoms with Crippen molar-refractivity contribution < 1.29 is 23.2 Å². The number of hydrogen-bond donors (Lipinski definition) is 1. The maximum Gasteiger partial charge on any atom is 0.321 e. The molecule has 3 aromatic rings. The predicted octanol–water partition coefficient (Wildman–Crippen LogP) is 3.36. The van der Waals surface area contributed by atoms with Crippen LogP contribution in [-0.2, 0) is 11.2 Å². The average Bonchev–Trinajstić information content (AvgIpc) is 3.34. The highest BCUT2D eigenvalue weighted by atomic mass is 19.1. The van der Waals surface area contributed by atoms with Crippen LogP contribution in [0.4, 0.5) is 14.9 Å². The lowest BCUT2D eigenvalue weighted by atomic mass is 10.1. The molecule has 0 spiro atoms. The number of carbonyl (C=O) groups is 2. The third-order valence-corrected chi connectivity index (χ3v) is 5.59. The number of carbonyl (C=O) groups excluding carboxylic acids is 2. The number of urea groups is 1. The zero-order chi connectivity index (χ0) is 24.1. The highest BCUT2D eigenvalue weighted by Gasteiger charge is 2.19. The molecule has 0 unspecified atom stereocenters. The van der Waals surface area contributed by atoms with Gasteiger partial charge in [0.05, 0.1) is 13.2 Å². The number of ether oxygens (including phenoxy) is 1. The van der Waals surface area contributed by atoms with Gasteiger partial charge < -0.3 is 24.4 Å². The minimum Gasteiger partial charge on any atom is -0.378 e. The Morgan fingerprint density at radius 3 is 2.59 bits per heavy atom. The van der Waals surface area contributed by atoms with Crippen LogP contribution in [0.25, 0.3) is 11.5 Å². The van der Waals surface area contributed by atoms with E-state index in [0.717, 1.165) is 0 Å². The van der Waals surface area contributed by atoms with Crippen molar-refractivity contribution in [3.05, 3.63) is 65.2 Å². The van der Waals surface area contributed by atoms with Gasteiger partial charge in [0, 0.05) is 49.9 Å². The maximum atomic E-state index is 13.7. The Hall–Kier alpha value is -3.79. The summed E-state index contributed by atoms with van der Waals surface area (Å²) in [7, 11) is 1.63. The summed E-state index contributed by atoms with van der Waals surface area (Å²) in [6.07, 6.45) is 0.378. The first-order valence-corrected chi connectivity index (χ1v) is 11.0. The fourth-order valence-corrected chi connectivity index (χ4v) is 3.44. The number of aryl methyl sites for hydroxylation is 1. The fraction of sp³-hybridized carbons (Fsp3) is 0.333. The van der Waals surface area contributed by atoms with Crippen molar-refractivity contribution in [3.8, 4) is 11.5 Å². The van der Waals surface area contributed by atoms with Crippen LogP contribution < -0.4 is 5.32 Å². The molecule has 0 saturated carbocycles. The lowest BCUT2D eigenvalue weighted by molar-refractivity contribution is 0.0303. The SMILES string of the molecule is Cc1ccc(NC(=O)N(C)CCc2noc(-c3ccc(C(=O)N4CCOCC4)cc3)n2)cc1F. The molecule has 10 heteroatoms. The second-order valence-corrected chi connectivity index (χ2v) is 8.06. The molecule has 1 aliphatic rings. The summed E-state index contributed by atoms with van der Waals surface area (Å²) in [6, 6.07) is 11.2. The fourth-order valence-electron chi connectivity index (χ4n) is 3.44. The van der Waals surface area contributed by atoms with E-state index in [0.29, 0.717) is 73.4 Å². The van der Waals surface area contributed by atoms with E-state index in [9.17, 15) is 14.0 Å². The van der Waals surface area contributed by atoms with E-state index >= 15 is 0 Å². The molecule has 1 fully saturated rings. The molecular formula is C24H26FN5O4. The van der Waals surface area contributed by atoms with Crippen LogP contribution in [0.2, 0.25) is 0 Å². The van der Waals surface area contributed by atoms with E-state index in [2.05, 4.69) is 15.5 Å². The number of rotatable bonds is 6. The lowest BCUT2D eigenvalue weighted by Crippen LogP contribution is -2.40. The van der Waals surface area contributed by atoms with Crippen molar-refractivity contribution in [2.75, 3.05) is 45.2 Å². The summed E-state index contributed by atoms with van der Waals surface area (Å²) >= 11 is 0. The maximum absolute atomic E-state index is 13.7. The molecule has 2 aromatic carbocycles. The third kappa shape index (κ3) is 5.57. The van der Waals surface area contributed by atoms with Gasteiger partial charge in [0.15, 0.2) is 5.82 Å². The number of anilines is 1. The van der Waals surface area contributed by atoms with Crippen LogP contribution in [0.1, 0.15) is 21.7 Å². The topological polar surface area (TPSA) is 101 Å². The Morgan fingerprint density at radius 2 is 1.88 bits per heavy atom. The van der Waals surface area contributed by atoms with Gasteiger partial charge in [-0.25, -0.2) is 9.18 Å². The molecule has 0 bridgehead atoms. The van der Waals surface area contributed by atoms with Gasteiger partial charge in [-0.1, -0.05) is 11.2 Å². The molecule has 1 N–H and O–H groups in total. The normalized spacial score (nSPS) is 13.6. The van der Waals surface area contributed by atoms with E-state index in [4.69, 9.17) is 9.26 Å². The van der Waals surface area contributed by atoms with Crippen LogP contribution >= 0.6 is 0 Å². The third-order valence-electron chi connectivity index (χ3n) is 5.59. The number of nitrogens with zero attached hydrogens (tertiary/aromatic N) is 4. The van der Waals surface area contributed by atoms with Crippen LogP contribution in [0.5, 0.6) is 0 Å². The van der Waals surface area contributed by atoms with Gasteiger partial charge in [0.1, 0.15) is 5.82 Å². The molecule has 1 aliphatic heterocycles. The van der Waals surface area contributed by atoms with E-state index < -0.39 is 0 Å². The number of benzene rings is 2. The van der Waals surface area contributed by atoms with Crippen molar-refractivity contribution in [1.82, 2.24) is 19.9 Å². The van der Waals surface area contributed by atoms with Gasteiger partial charge in [-0.05, 0) is 48.9 Å². The second kappa shape index (κ2) is 10.4. The summed E-state index contributed by atoms with van der Waals surface area (Å²) in [6.45, 7) is 4.27. The Balaban J connectivity index is 1.31. The van der Waals surface area contributed by atoms with Crippen molar-refractivity contribution >= 4 is 17.6 Å². The number of nitrogens with one attached hydrogen (secondary N) is 1. The first-order chi connectivity index (χ1) is 16.4. The molecule has 3 amide bonds. The largest absolute Gasteiger partial charge is 0.378 e. The Labute approximate surface area is 196 Å². The average molecular weight is 468 g/mol. The molecule has 178 valence electrons. The van der Waals surface area contributed by atoms with Gasteiger partial charge in [-0.2, -0.15) is 4.98 Å². The van der Waals surface area contributed by atoms with Crippen LogP contribution in [-0.4, -0.2) is 71.8 Å². The highest BCUT2D eigenvalue weighted by Crippen LogP contribution is 2.19. The minimum atomic E-state index is -0.377. The predicted molar refractivity (Wildman–Crippen MR) is 123 cm³/mol. The number of hydrogen-bond acceptors (Lipinski definition) is 6. The summed E-state index contributed by atoms with van der Waals surface area (Å²) in [5.41, 5.74) is 2.19. The molecule has 1 saturated heterocycles. The van der Waals surface area contributed by atoms with Crippen LogP contribution in [0.15, 0.2) is 47.0 Å². The van der Waals surface area contributed by atoms with Gasteiger partial charge >= 0.3 is 6.03 Å². The van der Waals surface area contributed by atoms with Gasteiger partial charge in [-0.15, -0.1) is 0 Å².